The van der Waals surface area contributed by atoms with Crippen molar-refractivity contribution in [2.45, 2.75) is 39.7 Å². The normalized spacial score (nSPS) is 16.6. The van der Waals surface area contributed by atoms with Crippen LogP contribution in [-0.4, -0.2) is 59.2 Å². The number of nitrogens with zero attached hydrogens (tertiary/aromatic N) is 3. The quantitative estimate of drug-likeness (QED) is 0.860. The Morgan fingerprint density at radius 3 is 2.55 bits per heavy atom. The van der Waals surface area contributed by atoms with E-state index in [-0.39, 0.29) is 6.09 Å². The minimum Gasteiger partial charge on any atom is -0.444 e. The van der Waals surface area contributed by atoms with Crippen molar-refractivity contribution in [3.63, 3.8) is 0 Å². The summed E-state index contributed by atoms with van der Waals surface area (Å²) in [6.07, 6.45) is 4.59. The summed E-state index contributed by atoms with van der Waals surface area (Å²) in [5.41, 5.74) is 2.17. The molecule has 0 saturated carbocycles. The van der Waals surface area contributed by atoms with Gasteiger partial charge in [-0.2, -0.15) is 0 Å². The molecule has 0 unspecified atom stereocenters. The van der Waals surface area contributed by atoms with Crippen molar-refractivity contribution in [1.82, 2.24) is 14.8 Å². The van der Waals surface area contributed by atoms with Gasteiger partial charge in [0.05, 0.1) is 0 Å². The molecular weight excluding hydrogens is 278 g/mol. The van der Waals surface area contributed by atoms with E-state index in [0.717, 1.165) is 39.1 Å². The van der Waals surface area contributed by atoms with Gasteiger partial charge in [-0.05, 0) is 51.3 Å². The van der Waals surface area contributed by atoms with Gasteiger partial charge in [0, 0.05) is 45.1 Å². The van der Waals surface area contributed by atoms with Crippen LogP contribution in [0, 0.1) is 6.92 Å². The number of carbonyl (C=O) groups excluding carboxylic acids is 1. The van der Waals surface area contributed by atoms with Crippen LogP contribution in [0.1, 0.15) is 31.9 Å². The predicted molar refractivity (Wildman–Crippen MR) is 86.9 cm³/mol. The summed E-state index contributed by atoms with van der Waals surface area (Å²) in [4.78, 5) is 20.4. The van der Waals surface area contributed by atoms with Crippen molar-refractivity contribution in [3.8, 4) is 0 Å². The lowest BCUT2D eigenvalue weighted by Gasteiger charge is -2.35. The van der Waals surface area contributed by atoms with Crippen LogP contribution >= 0.6 is 0 Å². The molecule has 0 spiro atoms. The lowest BCUT2D eigenvalue weighted by molar-refractivity contribution is 0.0146. The Labute approximate surface area is 133 Å². The number of hydrogen-bond donors (Lipinski definition) is 0. The summed E-state index contributed by atoms with van der Waals surface area (Å²) in [5.74, 6) is 0. The second kappa shape index (κ2) is 7.09. The zero-order valence-electron chi connectivity index (χ0n) is 14.1. The van der Waals surface area contributed by atoms with Crippen molar-refractivity contribution in [1.29, 1.82) is 0 Å². The average molecular weight is 305 g/mol. The molecule has 0 aliphatic carbocycles. The van der Waals surface area contributed by atoms with Crippen LogP contribution in [0.3, 0.4) is 0 Å². The van der Waals surface area contributed by atoms with E-state index in [1.54, 1.807) is 4.90 Å². The van der Waals surface area contributed by atoms with Crippen molar-refractivity contribution in [3.05, 3.63) is 29.6 Å². The molecule has 5 nitrogen and oxygen atoms in total. The molecule has 22 heavy (non-hydrogen) atoms. The SMILES string of the molecule is Cc1ccncc1CCN1CCN(C(=O)OC(C)(C)C)CC1. The topological polar surface area (TPSA) is 45.7 Å². The number of ether oxygens (including phenoxy) is 1. The lowest BCUT2D eigenvalue weighted by atomic mass is 10.1. The highest BCUT2D eigenvalue weighted by molar-refractivity contribution is 5.68. The van der Waals surface area contributed by atoms with Crippen LogP contribution in [0.4, 0.5) is 4.79 Å². The summed E-state index contributed by atoms with van der Waals surface area (Å²) < 4.78 is 5.42. The van der Waals surface area contributed by atoms with Crippen LogP contribution in [0.15, 0.2) is 18.5 Å². The Kier molecular flexibility index (Phi) is 5.40. The molecule has 1 amide bonds. The number of hydrogen-bond acceptors (Lipinski definition) is 4. The second-order valence-corrected chi connectivity index (χ2v) is 6.86. The van der Waals surface area contributed by atoms with Crippen LogP contribution < -0.4 is 0 Å². The second-order valence-electron chi connectivity index (χ2n) is 6.86. The van der Waals surface area contributed by atoms with E-state index in [1.807, 2.05) is 33.2 Å². The number of carbonyl (C=O) groups is 1. The first-order valence-corrected chi connectivity index (χ1v) is 7.95. The number of amides is 1. The smallest absolute Gasteiger partial charge is 0.410 e. The van der Waals surface area contributed by atoms with Gasteiger partial charge in [-0.15, -0.1) is 0 Å². The fourth-order valence-corrected chi connectivity index (χ4v) is 2.52. The highest BCUT2D eigenvalue weighted by Gasteiger charge is 2.25. The fourth-order valence-electron chi connectivity index (χ4n) is 2.52. The fraction of sp³-hybridized carbons (Fsp3) is 0.647. The van der Waals surface area contributed by atoms with Crippen LogP contribution in [0.2, 0.25) is 0 Å². The molecule has 1 saturated heterocycles. The van der Waals surface area contributed by atoms with Crippen LogP contribution in [0.25, 0.3) is 0 Å². The molecule has 2 rings (SSSR count). The molecule has 2 heterocycles. The van der Waals surface area contributed by atoms with Gasteiger partial charge in [-0.3, -0.25) is 9.88 Å². The zero-order valence-corrected chi connectivity index (χ0v) is 14.1. The van der Waals surface area contributed by atoms with E-state index >= 15 is 0 Å². The van der Waals surface area contributed by atoms with Gasteiger partial charge in [0.1, 0.15) is 5.60 Å². The number of aryl methyl sites for hydroxylation is 1. The van der Waals surface area contributed by atoms with Crippen molar-refractivity contribution >= 4 is 6.09 Å². The Balaban J connectivity index is 1.76. The summed E-state index contributed by atoms with van der Waals surface area (Å²) >= 11 is 0. The molecule has 0 bridgehead atoms. The molecule has 0 atom stereocenters. The molecule has 122 valence electrons. The monoisotopic (exact) mass is 305 g/mol. The molecule has 1 aliphatic heterocycles. The third-order valence-electron chi connectivity index (χ3n) is 3.87. The molecule has 1 aromatic heterocycles. The van der Waals surface area contributed by atoms with Gasteiger partial charge in [0.2, 0.25) is 0 Å². The molecule has 0 radical (unpaired) electrons. The van der Waals surface area contributed by atoms with Gasteiger partial charge < -0.3 is 9.64 Å². The number of rotatable bonds is 3. The first-order chi connectivity index (χ1) is 10.3. The number of aromatic nitrogens is 1. The highest BCUT2D eigenvalue weighted by Crippen LogP contribution is 2.12. The van der Waals surface area contributed by atoms with Crippen molar-refractivity contribution in [2.75, 3.05) is 32.7 Å². The lowest BCUT2D eigenvalue weighted by Crippen LogP contribution is -2.50. The summed E-state index contributed by atoms with van der Waals surface area (Å²) in [7, 11) is 0. The first-order valence-electron chi connectivity index (χ1n) is 7.95. The molecular formula is C17H27N3O2. The predicted octanol–water partition coefficient (Wildman–Crippen LogP) is 2.49. The third-order valence-corrected chi connectivity index (χ3v) is 3.87. The van der Waals surface area contributed by atoms with Crippen molar-refractivity contribution < 1.29 is 9.53 Å². The molecule has 0 N–H and O–H groups in total. The Morgan fingerprint density at radius 2 is 1.95 bits per heavy atom. The number of pyridine rings is 1. The molecule has 0 aromatic carbocycles. The van der Waals surface area contributed by atoms with Gasteiger partial charge in [0.25, 0.3) is 0 Å². The van der Waals surface area contributed by atoms with Gasteiger partial charge >= 0.3 is 6.09 Å². The minimum absolute atomic E-state index is 0.199. The maximum atomic E-state index is 12.0. The van der Waals surface area contributed by atoms with E-state index in [0.29, 0.717) is 0 Å². The largest absolute Gasteiger partial charge is 0.444 e. The van der Waals surface area contributed by atoms with Gasteiger partial charge in [-0.1, -0.05) is 0 Å². The van der Waals surface area contributed by atoms with Gasteiger partial charge in [-0.25, -0.2) is 4.79 Å². The zero-order chi connectivity index (χ0) is 16.2. The van der Waals surface area contributed by atoms with E-state index in [9.17, 15) is 4.79 Å². The Hall–Kier alpha value is -1.62. The van der Waals surface area contributed by atoms with E-state index in [4.69, 9.17) is 4.74 Å². The first kappa shape index (κ1) is 16.7. The Bertz CT molecular complexity index is 503. The Morgan fingerprint density at radius 1 is 1.27 bits per heavy atom. The summed E-state index contributed by atoms with van der Waals surface area (Å²) in [6.45, 7) is 12.1. The third kappa shape index (κ3) is 4.98. The average Bonchev–Trinajstić information content (AvgIpc) is 2.45. The molecule has 1 aromatic rings. The van der Waals surface area contributed by atoms with E-state index < -0.39 is 5.60 Å². The highest BCUT2D eigenvalue weighted by atomic mass is 16.6. The summed E-state index contributed by atoms with van der Waals surface area (Å²) in [5, 5.41) is 0. The minimum atomic E-state index is -0.425. The van der Waals surface area contributed by atoms with Gasteiger partial charge in [0.15, 0.2) is 0 Å². The standard InChI is InChI=1S/C17H27N3O2/c1-14-5-7-18-13-15(14)6-8-19-9-11-20(12-10-19)16(21)22-17(2,3)4/h5,7,13H,6,8-12H2,1-4H3. The maximum Gasteiger partial charge on any atom is 0.410 e. The molecule has 1 aliphatic rings. The molecule has 1 fully saturated rings. The summed E-state index contributed by atoms with van der Waals surface area (Å²) in [6, 6.07) is 2.05. The van der Waals surface area contributed by atoms with E-state index in [1.165, 1.54) is 11.1 Å². The van der Waals surface area contributed by atoms with Crippen LogP contribution in [0.5, 0.6) is 0 Å². The molecule has 5 heteroatoms. The van der Waals surface area contributed by atoms with Crippen LogP contribution in [-0.2, 0) is 11.2 Å². The van der Waals surface area contributed by atoms with Crippen molar-refractivity contribution in [2.24, 2.45) is 0 Å². The maximum absolute atomic E-state index is 12.0. The number of piperazine rings is 1. The van der Waals surface area contributed by atoms with E-state index in [2.05, 4.69) is 22.9 Å².